The molecule has 2 fully saturated rings. The van der Waals surface area contributed by atoms with E-state index < -0.39 is 5.97 Å². The van der Waals surface area contributed by atoms with Gasteiger partial charge in [-0.3, -0.25) is 9.88 Å². The van der Waals surface area contributed by atoms with E-state index in [-0.39, 0.29) is 5.69 Å². The fourth-order valence-corrected chi connectivity index (χ4v) is 3.08. The zero-order chi connectivity index (χ0) is 13.9. The number of ether oxygens (including phenoxy) is 1. The summed E-state index contributed by atoms with van der Waals surface area (Å²) in [6.45, 7) is 4.19. The number of anilines is 1. The van der Waals surface area contributed by atoms with Crippen molar-refractivity contribution in [3.05, 3.63) is 18.1 Å². The normalized spacial score (nSPS) is 23.2. The monoisotopic (exact) mass is 276 g/mol. The van der Waals surface area contributed by atoms with Crippen molar-refractivity contribution in [2.45, 2.75) is 25.3 Å². The number of fused-ring (bicyclic) bond motifs is 1. The molecule has 0 aromatic carbocycles. The molecule has 2 aliphatic rings. The van der Waals surface area contributed by atoms with Gasteiger partial charge < -0.3 is 9.64 Å². The summed E-state index contributed by atoms with van der Waals surface area (Å²) in [5.41, 5.74) is 0.274. The summed E-state index contributed by atoms with van der Waals surface area (Å²) in [7, 11) is 1.36. The highest BCUT2D eigenvalue weighted by atomic mass is 16.5. The van der Waals surface area contributed by atoms with Gasteiger partial charge in [0, 0.05) is 25.7 Å². The molecule has 2 saturated heterocycles. The number of hydrogen-bond acceptors (Lipinski definition) is 6. The quantitative estimate of drug-likeness (QED) is 0.749. The van der Waals surface area contributed by atoms with Crippen molar-refractivity contribution < 1.29 is 9.53 Å². The summed E-state index contributed by atoms with van der Waals surface area (Å²) in [5, 5.41) is 0. The van der Waals surface area contributed by atoms with Gasteiger partial charge in [0.25, 0.3) is 0 Å². The third-order valence-corrected chi connectivity index (χ3v) is 4.18. The SMILES string of the molecule is COC(=O)c1cncc(N2CCN3CCCC[C@H]3C2)n1. The first-order chi connectivity index (χ1) is 9.78. The molecule has 0 aliphatic carbocycles. The fraction of sp³-hybridized carbons (Fsp3) is 0.643. The van der Waals surface area contributed by atoms with Gasteiger partial charge in [0.05, 0.1) is 19.5 Å². The Labute approximate surface area is 118 Å². The Kier molecular flexibility index (Phi) is 3.82. The van der Waals surface area contributed by atoms with Crippen LogP contribution in [0.3, 0.4) is 0 Å². The van der Waals surface area contributed by atoms with E-state index >= 15 is 0 Å². The molecule has 1 aromatic rings. The van der Waals surface area contributed by atoms with Crippen LogP contribution in [0.1, 0.15) is 29.8 Å². The Morgan fingerprint density at radius 3 is 3.05 bits per heavy atom. The topological polar surface area (TPSA) is 58.6 Å². The van der Waals surface area contributed by atoms with Crippen LogP contribution in [0.15, 0.2) is 12.4 Å². The zero-order valence-corrected chi connectivity index (χ0v) is 11.8. The molecule has 0 unspecified atom stereocenters. The molecule has 3 heterocycles. The molecular formula is C14H20N4O2. The van der Waals surface area contributed by atoms with Crippen LogP contribution >= 0.6 is 0 Å². The molecule has 0 N–H and O–H groups in total. The Balaban J connectivity index is 1.74. The Morgan fingerprint density at radius 1 is 1.30 bits per heavy atom. The van der Waals surface area contributed by atoms with Gasteiger partial charge in [0.1, 0.15) is 5.82 Å². The van der Waals surface area contributed by atoms with Crippen molar-refractivity contribution in [3.8, 4) is 0 Å². The summed E-state index contributed by atoms with van der Waals surface area (Å²) < 4.78 is 4.70. The van der Waals surface area contributed by atoms with E-state index in [0.29, 0.717) is 6.04 Å². The molecule has 20 heavy (non-hydrogen) atoms. The van der Waals surface area contributed by atoms with Gasteiger partial charge in [-0.15, -0.1) is 0 Å². The average molecular weight is 276 g/mol. The van der Waals surface area contributed by atoms with Crippen molar-refractivity contribution in [2.75, 3.05) is 38.2 Å². The number of piperidine rings is 1. The minimum absolute atomic E-state index is 0.274. The first-order valence-electron chi connectivity index (χ1n) is 7.17. The van der Waals surface area contributed by atoms with Crippen molar-refractivity contribution in [1.82, 2.24) is 14.9 Å². The number of methoxy groups -OCH3 is 1. The van der Waals surface area contributed by atoms with Crippen LogP contribution in [0.25, 0.3) is 0 Å². The van der Waals surface area contributed by atoms with Crippen LogP contribution in [0.4, 0.5) is 5.82 Å². The molecule has 0 radical (unpaired) electrons. The number of aromatic nitrogens is 2. The lowest BCUT2D eigenvalue weighted by Crippen LogP contribution is -2.55. The lowest BCUT2D eigenvalue weighted by atomic mass is 9.99. The van der Waals surface area contributed by atoms with Gasteiger partial charge in [0.2, 0.25) is 0 Å². The summed E-state index contributed by atoms with van der Waals surface area (Å²) in [6, 6.07) is 0.612. The van der Waals surface area contributed by atoms with Crippen LogP contribution in [-0.2, 0) is 4.74 Å². The second kappa shape index (κ2) is 5.75. The predicted octanol–water partition coefficient (Wildman–Crippen LogP) is 0.938. The first kappa shape index (κ1) is 13.3. The third kappa shape index (κ3) is 2.60. The minimum atomic E-state index is -0.435. The highest BCUT2D eigenvalue weighted by molar-refractivity contribution is 5.87. The third-order valence-electron chi connectivity index (χ3n) is 4.18. The molecule has 0 bridgehead atoms. The number of esters is 1. The molecule has 0 saturated carbocycles. The summed E-state index contributed by atoms with van der Waals surface area (Å²) in [6.07, 6.45) is 7.05. The number of carbonyl (C=O) groups excluding carboxylic acids is 1. The van der Waals surface area contributed by atoms with Gasteiger partial charge in [0.15, 0.2) is 5.69 Å². The standard InChI is InChI=1S/C14H20N4O2/c1-20-14(19)12-8-15-9-13(16-12)18-7-6-17-5-3-2-4-11(17)10-18/h8-9,11H,2-7,10H2,1H3/t11-/m0/s1. The van der Waals surface area contributed by atoms with E-state index in [2.05, 4.69) is 19.8 Å². The fourth-order valence-electron chi connectivity index (χ4n) is 3.08. The van der Waals surface area contributed by atoms with E-state index in [9.17, 15) is 4.79 Å². The maximum absolute atomic E-state index is 11.5. The Morgan fingerprint density at radius 2 is 2.20 bits per heavy atom. The highest BCUT2D eigenvalue weighted by Crippen LogP contribution is 2.23. The lowest BCUT2D eigenvalue weighted by Gasteiger charge is -2.44. The highest BCUT2D eigenvalue weighted by Gasteiger charge is 2.29. The average Bonchev–Trinajstić information content (AvgIpc) is 2.53. The Bertz CT molecular complexity index is 494. The van der Waals surface area contributed by atoms with Gasteiger partial charge in [-0.05, 0) is 19.4 Å². The molecule has 6 nitrogen and oxygen atoms in total. The molecule has 3 rings (SSSR count). The number of carbonyl (C=O) groups is 1. The molecular weight excluding hydrogens is 256 g/mol. The summed E-state index contributed by atoms with van der Waals surface area (Å²) in [4.78, 5) is 24.8. The largest absolute Gasteiger partial charge is 0.464 e. The molecule has 2 aliphatic heterocycles. The number of rotatable bonds is 2. The second-order valence-electron chi connectivity index (χ2n) is 5.39. The van der Waals surface area contributed by atoms with Crippen LogP contribution in [0.2, 0.25) is 0 Å². The second-order valence-corrected chi connectivity index (χ2v) is 5.39. The van der Waals surface area contributed by atoms with E-state index in [1.807, 2.05) is 0 Å². The van der Waals surface area contributed by atoms with E-state index in [1.165, 1.54) is 39.1 Å². The van der Waals surface area contributed by atoms with Gasteiger partial charge >= 0.3 is 5.97 Å². The molecule has 1 atom stereocenters. The first-order valence-corrected chi connectivity index (χ1v) is 7.17. The van der Waals surface area contributed by atoms with Gasteiger partial charge in [-0.2, -0.15) is 0 Å². The van der Waals surface area contributed by atoms with Gasteiger partial charge in [-0.25, -0.2) is 9.78 Å². The van der Waals surface area contributed by atoms with Crippen LogP contribution in [0, 0.1) is 0 Å². The van der Waals surface area contributed by atoms with Crippen molar-refractivity contribution >= 4 is 11.8 Å². The summed E-state index contributed by atoms with van der Waals surface area (Å²) >= 11 is 0. The molecule has 0 spiro atoms. The van der Waals surface area contributed by atoms with Crippen molar-refractivity contribution in [3.63, 3.8) is 0 Å². The van der Waals surface area contributed by atoms with Crippen LogP contribution in [-0.4, -0.2) is 60.2 Å². The maximum atomic E-state index is 11.5. The smallest absolute Gasteiger partial charge is 0.358 e. The zero-order valence-electron chi connectivity index (χ0n) is 11.8. The molecule has 6 heteroatoms. The summed E-state index contributed by atoms with van der Waals surface area (Å²) in [5.74, 6) is 0.341. The molecule has 0 amide bonds. The van der Waals surface area contributed by atoms with Crippen LogP contribution < -0.4 is 4.90 Å². The maximum Gasteiger partial charge on any atom is 0.358 e. The lowest BCUT2D eigenvalue weighted by molar-refractivity contribution is 0.0593. The number of piperazine rings is 1. The predicted molar refractivity (Wildman–Crippen MR) is 74.8 cm³/mol. The van der Waals surface area contributed by atoms with E-state index in [1.54, 1.807) is 6.20 Å². The molecule has 108 valence electrons. The van der Waals surface area contributed by atoms with E-state index in [4.69, 9.17) is 4.74 Å². The van der Waals surface area contributed by atoms with Crippen LogP contribution in [0.5, 0.6) is 0 Å². The van der Waals surface area contributed by atoms with Gasteiger partial charge in [-0.1, -0.05) is 6.42 Å². The Hall–Kier alpha value is -1.69. The van der Waals surface area contributed by atoms with E-state index in [0.717, 1.165) is 25.5 Å². The number of nitrogens with zero attached hydrogens (tertiary/aromatic N) is 4. The van der Waals surface area contributed by atoms with Crippen molar-refractivity contribution in [1.29, 1.82) is 0 Å². The van der Waals surface area contributed by atoms with Crippen molar-refractivity contribution in [2.24, 2.45) is 0 Å². The minimum Gasteiger partial charge on any atom is -0.464 e. The number of hydrogen-bond donors (Lipinski definition) is 0. The molecule has 1 aromatic heterocycles.